The van der Waals surface area contributed by atoms with Crippen LogP contribution in [-0.4, -0.2) is 11.2 Å². The first-order chi connectivity index (χ1) is 14.5. The topological polar surface area (TPSA) is 94.5 Å². The molecule has 0 fully saturated rings. The minimum atomic E-state index is -4.37. The van der Waals surface area contributed by atoms with E-state index in [1.54, 1.807) is 78.9 Å². The predicted molar refractivity (Wildman–Crippen MR) is 108 cm³/mol. The van der Waals surface area contributed by atoms with Gasteiger partial charge in [0, 0.05) is 0 Å². The Labute approximate surface area is 172 Å². The fourth-order valence-corrected chi connectivity index (χ4v) is 3.90. The fourth-order valence-electron chi connectivity index (χ4n) is 2.68. The number of fused-ring (bicyclic) bond motifs is 1. The average molecular weight is 425 g/mol. The largest absolute Gasteiger partial charge is 0.648 e. The molecule has 0 bridgehead atoms. The van der Waals surface area contributed by atoms with Gasteiger partial charge in [-0.15, -0.1) is 0 Å². The maximum absolute atomic E-state index is 13.5. The van der Waals surface area contributed by atoms with Gasteiger partial charge in [0.05, 0.1) is 5.69 Å². The van der Waals surface area contributed by atoms with Crippen molar-refractivity contribution >= 4 is 19.6 Å². The van der Waals surface area contributed by atoms with Gasteiger partial charge in [-0.05, 0) is 36.4 Å². The molecule has 0 radical (unpaired) electrons. The van der Waals surface area contributed by atoms with Crippen molar-refractivity contribution in [2.45, 2.75) is 0 Å². The Bertz CT molecular complexity index is 1070. The molecule has 0 aromatic heterocycles. The number of amides is 1. The van der Waals surface area contributed by atoms with Gasteiger partial charge in [0.1, 0.15) is 11.5 Å². The molecule has 3 aromatic carbocycles. The van der Waals surface area contributed by atoms with E-state index in [1.807, 2.05) is 0 Å². The third-order valence-corrected chi connectivity index (χ3v) is 5.21. The number of benzene rings is 3. The number of ether oxygens (including phenoxy) is 1. The minimum Gasteiger partial charge on any atom is -0.464 e. The summed E-state index contributed by atoms with van der Waals surface area (Å²) in [5.41, 5.74) is 0.202. The van der Waals surface area contributed by atoms with Gasteiger partial charge < -0.3 is 23.4 Å². The summed E-state index contributed by atoms with van der Waals surface area (Å²) >= 11 is 0. The summed E-state index contributed by atoms with van der Waals surface area (Å²) in [6.45, 7) is 0. The van der Waals surface area contributed by atoms with Gasteiger partial charge in [-0.2, -0.15) is 4.57 Å². The Hall–Kier alpha value is -3.90. The summed E-state index contributed by atoms with van der Waals surface area (Å²) in [4.78, 5) is 12.7. The van der Waals surface area contributed by atoms with E-state index in [9.17, 15) is 14.5 Å². The Morgan fingerprint density at radius 3 is 1.90 bits per heavy atom. The van der Waals surface area contributed by atoms with Gasteiger partial charge >= 0.3 is 13.9 Å². The van der Waals surface area contributed by atoms with Crippen LogP contribution in [0, 0.1) is 0 Å². The molecule has 0 atom stereocenters. The number of phosphoric acid groups is 1. The Balaban J connectivity index is 1.68. The number of carbonyl (C=O) groups is 1. The lowest BCUT2D eigenvalue weighted by Gasteiger charge is -2.29. The second-order valence-electron chi connectivity index (χ2n) is 6.01. The summed E-state index contributed by atoms with van der Waals surface area (Å²) in [7, 11) is -4.37. The van der Waals surface area contributed by atoms with Crippen molar-refractivity contribution < 1.29 is 32.8 Å². The highest BCUT2D eigenvalue weighted by molar-refractivity contribution is 7.49. The second-order valence-corrected chi connectivity index (χ2v) is 7.45. The fraction of sp³-hybridized carbons (Fsp3) is 0. The normalized spacial score (nSPS) is 12.8. The summed E-state index contributed by atoms with van der Waals surface area (Å²) in [6.07, 6.45) is -0.325. The van der Waals surface area contributed by atoms with Crippen molar-refractivity contribution in [3.8, 4) is 17.2 Å². The number of rotatable bonds is 6. The SMILES string of the molecule is O=C(O)N1C(OP(=O)(Oc2ccccc2)Oc2ccccc2)=COc2ccccc21. The maximum atomic E-state index is 13.5. The highest BCUT2D eigenvalue weighted by Crippen LogP contribution is 2.53. The quantitative estimate of drug-likeness (QED) is 0.510. The smallest absolute Gasteiger partial charge is 0.464 e. The first kappa shape index (κ1) is 19.4. The average Bonchev–Trinajstić information content (AvgIpc) is 2.74. The lowest BCUT2D eigenvalue weighted by molar-refractivity contribution is 0.193. The molecule has 0 unspecified atom stereocenters. The van der Waals surface area contributed by atoms with Crippen LogP contribution in [0.25, 0.3) is 0 Å². The monoisotopic (exact) mass is 425 g/mol. The van der Waals surface area contributed by atoms with E-state index in [1.165, 1.54) is 6.07 Å². The molecule has 0 saturated heterocycles. The van der Waals surface area contributed by atoms with Crippen LogP contribution in [0.4, 0.5) is 10.5 Å². The van der Waals surface area contributed by atoms with E-state index in [0.717, 1.165) is 11.2 Å². The number of nitrogens with zero attached hydrogens (tertiary/aromatic N) is 1. The molecule has 0 saturated carbocycles. The van der Waals surface area contributed by atoms with Crippen molar-refractivity contribution in [1.82, 2.24) is 0 Å². The van der Waals surface area contributed by atoms with Crippen LogP contribution < -0.4 is 18.7 Å². The zero-order chi connectivity index (χ0) is 21.0. The lowest BCUT2D eigenvalue weighted by Crippen LogP contribution is -2.32. The molecule has 1 heterocycles. The Kier molecular flexibility index (Phi) is 5.32. The Morgan fingerprint density at radius 2 is 1.33 bits per heavy atom. The molecule has 1 aliphatic heterocycles. The van der Waals surface area contributed by atoms with Crippen LogP contribution in [0.15, 0.2) is 97.1 Å². The molecule has 3 aromatic rings. The van der Waals surface area contributed by atoms with Crippen LogP contribution in [0.3, 0.4) is 0 Å². The van der Waals surface area contributed by atoms with E-state index < -0.39 is 13.9 Å². The predicted octanol–water partition coefficient (Wildman–Crippen LogP) is 5.65. The van der Waals surface area contributed by atoms with Gasteiger partial charge in [-0.25, -0.2) is 9.69 Å². The van der Waals surface area contributed by atoms with E-state index >= 15 is 0 Å². The molecule has 0 aliphatic carbocycles. The van der Waals surface area contributed by atoms with Crippen molar-refractivity contribution in [2.24, 2.45) is 0 Å². The van der Waals surface area contributed by atoms with Gasteiger partial charge in [0.2, 0.25) is 0 Å². The van der Waals surface area contributed by atoms with Crippen molar-refractivity contribution in [3.05, 3.63) is 97.1 Å². The number of carboxylic acid groups (broad SMARTS) is 1. The first-order valence-corrected chi connectivity index (χ1v) is 10.3. The van der Waals surface area contributed by atoms with Gasteiger partial charge in [-0.3, -0.25) is 0 Å². The number of anilines is 1. The molecule has 152 valence electrons. The van der Waals surface area contributed by atoms with Crippen LogP contribution in [0.1, 0.15) is 0 Å². The molecule has 0 spiro atoms. The van der Waals surface area contributed by atoms with Crippen molar-refractivity contribution in [1.29, 1.82) is 0 Å². The van der Waals surface area contributed by atoms with Crippen molar-refractivity contribution in [3.63, 3.8) is 0 Å². The molecule has 30 heavy (non-hydrogen) atoms. The zero-order valence-corrected chi connectivity index (χ0v) is 16.3. The van der Waals surface area contributed by atoms with Crippen molar-refractivity contribution in [2.75, 3.05) is 4.90 Å². The molecule has 1 aliphatic rings. The first-order valence-electron chi connectivity index (χ1n) is 8.82. The summed E-state index contributed by atoms with van der Waals surface area (Å²) in [5, 5.41) is 9.71. The summed E-state index contributed by atoms with van der Waals surface area (Å²) < 4.78 is 35.5. The number of hydrogen-bond acceptors (Lipinski definition) is 6. The second kappa shape index (κ2) is 8.23. The van der Waals surface area contributed by atoms with Crippen LogP contribution in [-0.2, 0) is 9.09 Å². The van der Waals surface area contributed by atoms with Crippen LogP contribution in [0.2, 0.25) is 0 Å². The maximum Gasteiger partial charge on any atom is 0.648 e. The highest BCUT2D eigenvalue weighted by atomic mass is 31.2. The third-order valence-electron chi connectivity index (χ3n) is 3.93. The van der Waals surface area contributed by atoms with E-state index in [-0.39, 0.29) is 23.1 Å². The summed E-state index contributed by atoms with van der Waals surface area (Å²) in [5.74, 6) is 0.374. The third kappa shape index (κ3) is 4.24. The molecular weight excluding hydrogens is 409 g/mol. The molecule has 8 nitrogen and oxygen atoms in total. The molecule has 1 amide bonds. The molecular formula is C21H16NO7P. The zero-order valence-electron chi connectivity index (χ0n) is 15.5. The Morgan fingerprint density at radius 1 is 0.800 bits per heavy atom. The number of phosphoric ester groups is 1. The number of hydrogen-bond donors (Lipinski definition) is 1. The van der Waals surface area contributed by atoms with Gasteiger partial charge in [0.15, 0.2) is 12.0 Å². The minimum absolute atomic E-state index is 0.202. The van der Waals surface area contributed by atoms with E-state index in [2.05, 4.69) is 0 Å². The highest BCUT2D eigenvalue weighted by Gasteiger charge is 2.39. The lowest BCUT2D eigenvalue weighted by atomic mass is 10.2. The molecule has 4 rings (SSSR count). The van der Waals surface area contributed by atoms with Gasteiger partial charge in [-0.1, -0.05) is 48.5 Å². The van der Waals surface area contributed by atoms with E-state index in [0.29, 0.717) is 5.75 Å². The van der Waals surface area contributed by atoms with Gasteiger partial charge in [0.25, 0.3) is 5.88 Å². The number of para-hydroxylation sites is 4. The van der Waals surface area contributed by atoms with E-state index in [4.69, 9.17) is 18.3 Å². The van der Waals surface area contributed by atoms with Crippen LogP contribution >= 0.6 is 7.82 Å². The standard InChI is InChI=1S/C21H16NO7P/c23-21(24)22-18-13-7-8-14-19(18)26-15-20(22)29-30(25,27-16-9-3-1-4-10-16)28-17-11-5-2-6-12-17/h1-15H,(H,23,24). The summed E-state index contributed by atoms with van der Waals surface area (Å²) in [6, 6.07) is 23.0. The molecule has 1 N–H and O–H groups in total. The molecule has 9 heteroatoms. The van der Waals surface area contributed by atoms with Crippen LogP contribution in [0.5, 0.6) is 17.2 Å².